The molecule has 3 fully saturated rings. The van der Waals surface area contributed by atoms with E-state index in [1.54, 1.807) is 11.1 Å². The molecule has 5 rings (SSSR count). The molecule has 2 amide bonds. The Labute approximate surface area is 224 Å². The maximum Gasteiger partial charge on any atom is 0.241 e. The van der Waals surface area contributed by atoms with Crippen LogP contribution in [-0.4, -0.2) is 46.5 Å². The van der Waals surface area contributed by atoms with Gasteiger partial charge in [-0.1, -0.05) is 62.4 Å². The quantitative estimate of drug-likeness (QED) is 0.431. The van der Waals surface area contributed by atoms with Crippen molar-refractivity contribution in [2.75, 3.05) is 6.54 Å². The van der Waals surface area contributed by atoms with E-state index in [0.29, 0.717) is 22.8 Å². The van der Waals surface area contributed by atoms with Gasteiger partial charge in [0.15, 0.2) is 5.78 Å². The van der Waals surface area contributed by atoms with Gasteiger partial charge in [-0.3, -0.25) is 19.4 Å². The molecule has 4 N–H and O–H groups in total. The number of primary amides is 1. The number of thioether (sulfide) groups is 1. The van der Waals surface area contributed by atoms with Crippen LogP contribution in [0.15, 0.2) is 42.1 Å². The molecule has 37 heavy (non-hydrogen) atoms. The first-order valence-electron chi connectivity index (χ1n) is 14.0. The lowest BCUT2D eigenvalue weighted by molar-refractivity contribution is -0.125. The summed E-state index contributed by atoms with van der Waals surface area (Å²) >= 11 is 2.04. The minimum Gasteiger partial charge on any atom is -0.368 e. The van der Waals surface area contributed by atoms with Crippen LogP contribution in [0.25, 0.3) is 0 Å². The Hall–Kier alpha value is -2.32. The summed E-state index contributed by atoms with van der Waals surface area (Å²) in [7, 11) is 0. The lowest BCUT2D eigenvalue weighted by atomic mass is 9.84. The smallest absolute Gasteiger partial charge is 0.241 e. The van der Waals surface area contributed by atoms with Crippen LogP contribution in [-0.2, 0) is 20.1 Å². The summed E-state index contributed by atoms with van der Waals surface area (Å²) in [5.74, 6) is 1.27. The normalized spacial score (nSPS) is 30.0. The number of rotatable bonds is 10. The highest BCUT2D eigenvalue weighted by molar-refractivity contribution is 7.99. The Morgan fingerprint density at radius 2 is 1.70 bits per heavy atom. The molecule has 0 radical (unpaired) electrons. The number of hydrazine groups is 1. The number of hydrogen-bond donors (Lipinski definition) is 3. The molecule has 5 atom stereocenters. The van der Waals surface area contributed by atoms with Crippen LogP contribution in [0.5, 0.6) is 0 Å². The van der Waals surface area contributed by atoms with E-state index in [-0.39, 0.29) is 30.2 Å². The third-order valence-corrected chi connectivity index (χ3v) is 10.0. The second-order valence-corrected chi connectivity index (χ2v) is 12.4. The van der Waals surface area contributed by atoms with Crippen molar-refractivity contribution in [3.05, 3.63) is 47.7 Å². The van der Waals surface area contributed by atoms with Crippen molar-refractivity contribution in [1.82, 2.24) is 15.8 Å². The van der Waals surface area contributed by atoms with Crippen LogP contribution in [0.3, 0.4) is 0 Å². The summed E-state index contributed by atoms with van der Waals surface area (Å²) in [6.45, 7) is 0.00816. The van der Waals surface area contributed by atoms with Gasteiger partial charge in [0.2, 0.25) is 11.8 Å². The van der Waals surface area contributed by atoms with Crippen LogP contribution in [0.1, 0.15) is 69.8 Å². The van der Waals surface area contributed by atoms with Crippen LogP contribution in [0.4, 0.5) is 0 Å². The fraction of sp³-hybridized carbons (Fsp3) is 0.621. The predicted octanol–water partition coefficient (Wildman–Crippen LogP) is 3.69. The number of benzene rings is 1. The molecule has 8 heteroatoms. The molecule has 0 saturated heterocycles. The standard InChI is InChI=1S/C29H40N4O3S/c30-29(36)24-16-25(33(32-24)17-27(34)31-20-11-5-2-6-12-20)28(35)23-15-22(23)21-13-7-8-14-26(21)37-18-19-9-3-1-4-10-19/h1,3-4,9-10,16,20-24,26,32H,2,5-8,11-15,17-18H2,(H2,30,36)(H,31,34)/t21?,22-,23+,24?,26+/m1/s1. The molecular formula is C29H40N4O3S. The lowest BCUT2D eigenvalue weighted by Gasteiger charge is -2.32. The van der Waals surface area contributed by atoms with Gasteiger partial charge in [-0.2, -0.15) is 11.8 Å². The first kappa shape index (κ1) is 26.3. The third kappa shape index (κ3) is 6.58. The fourth-order valence-corrected chi connectivity index (χ4v) is 7.97. The van der Waals surface area contributed by atoms with Gasteiger partial charge in [-0.05, 0) is 55.6 Å². The maximum atomic E-state index is 13.7. The summed E-state index contributed by atoms with van der Waals surface area (Å²) in [4.78, 5) is 38.4. The number of amides is 2. The summed E-state index contributed by atoms with van der Waals surface area (Å²) in [5, 5.41) is 5.25. The zero-order chi connectivity index (χ0) is 25.8. The van der Waals surface area contributed by atoms with Gasteiger partial charge in [0, 0.05) is 23.0 Å². The maximum absolute atomic E-state index is 13.7. The van der Waals surface area contributed by atoms with Crippen LogP contribution >= 0.6 is 11.8 Å². The Bertz CT molecular complexity index is 1010. The number of allylic oxidation sites excluding steroid dienone is 1. The van der Waals surface area contributed by atoms with E-state index >= 15 is 0 Å². The summed E-state index contributed by atoms with van der Waals surface area (Å²) in [6, 6.07) is 10.0. The SMILES string of the molecule is NC(=O)C1C=C(C(=O)[C@H]2C[C@@H]2C2CCCC[C@@H]2SCc2ccccc2)N(CC(=O)NC2CCCCC2)N1. The molecule has 1 heterocycles. The number of nitrogens with zero attached hydrogens (tertiary/aromatic N) is 1. The minimum absolute atomic E-state index is 0.00816. The van der Waals surface area contributed by atoms with E-state index in [0.717, 1.165) is 37.9 Å². The molecule has 0 bridgehead atoms. The number of ketones is 1. The molecule has 7 nitrogen and oxygen atoms in total. The topological polar surface area (TPSA) is 105 Å². The van der Waals surface area contributed by atoms with Crippen molar-refractivity contribution in [2.24, 2.45) is 23.5 Å². The van der Waals surface area contributed by atoms with Gasteiger partial charge < -0.3 is 11.1 Å². The monoisotopic (exact) mass is 524 g/mol. The van der Waals surface area contributed by atoms with Crippen LogP contribution < -0.4 is 16.5 Å². The zero-order valence-corrected chi connectivity index (χ0v) is 22.4. The molecule has 1 aromatic carbocycles. The summed E-state index contributed by atoms with van der Waals surface area (Å²) in [5.41, 5.74) is 10.3. The second kappa shape index (κ2) is 12.0. The van der Waals surface area contributed by atoms with Crippen molar-refractivity contribution in [1.29, 1.82) is 0 Å². The van der Waals surface area contributed by atoms with Crippen LogP contribution in [0.2, 0.25) is 0 Å². The molecule has 0 spiro atoms. The summed E-state index contributed by atoms with van der Waals surface area (Å²) < 4.78 is 0. The van der Waals surface area contributed by atoms with E-state index in [2.05, 4.69) is 41.1 Å². The van der Waals surface area contributed by atoms with Crippen LogP contribution in [0, 0.1) is 17.8 Å². The predicted molar refractivity (Wildman–Crippen MR) is 146 cm³/mol. The van der Waals surface area contributed by atoms with Crippen molar-refractivity contribution < 1.29 is 14.4 Å². The van der Waals surface area contributed by atoms with Gasteiger partial charge in [0.25, 0.3) is 0 Å². The van der Waals surface area contributed by atoms with Gasteiger partial charge >= 0.3 is 0 Å². The van der Waals surface area contributed by atoms with Crippen molar-refractivity contribution in [2.45, 2.75) is 87.3 Å². The Kier molecular flexibility index (Phi) is 8.55. The fourth-order valence-electron chi connectivity index (χ4n) is 6.46. The first-order valence-corrected chi connectivity index (χ1v) is 15.1. The molecule has 1 aliphatic heterocycles. The van der Waals surface area contributed by atoms with Gasteiger partial charge in [-0.15, -0.1) is 0 Å². The number of Topliss-reactive ketones (excluding diaryl/α,β-unsaturated/α-hetero) is 1. The zero-order valence-electron chi connectivity index (χ0n) is 21.6. The van der Waals surface area contributed by atoms with E-state index in [4.69, 9.17) is 5.73 Å². The number of nitrogens with one attached hydrogen (secondary N) is 2. The minimum atomic E-state index is -0.762. The Balaban J connectivity index is 1.20. The third-order valence-electron chi connectivity index (χ3n) is 8.53. The number of nitrogens with two attached hydrogens (primary N) is 1. The number of carbonyl (C=O) groups excluding carboxylic acids is 3. The van der Waals surface area contributed by atoms with E-state index < -0.39 is 11.9 Å². The van der Waals surface area contributed by atoms with Crippen molar-refractivity contribution >= 4 is 29.4 Å². The van der Waals surface area contributed by atoms with E-state index in [1.165, 1.54) is 37.7 Å². The highest BCUT2D eigenvalue weighted by atomic mass is 32.2. The molecule has 3 aliphatic carbocycles. The summed E-state index contributed by atoms with van der Waals surface area (Å²) in [6.07, 6.45) is 12.9. The molecule has 3 saturated carbocycles. The van der Waals surface area contributed by atoms with Gasteiger partial charge in [0.1, 0.15) is 12.6 Å². The molecular weight excluding hydrogens is 484 g/mol. The Morgan fingerprint density at radius 3 is 2.46 bits per heavy atom. The largest absolute Gasteiger partial charge is 0.368 e. The average molecular weight is 525 g/mol. The number of carbonyl (C=O) groups is 3. The van der Waals surface area contributed by atoms with Crippen molar-refractivity contribution in [3.8, 4) is 0 Å². The highest BCUT2D eigenvalue weighted by Gasteiger charge is 2.52. The van der Waals surface area contributed by atoms with Gasteiger partial charge in [0.05, 0.1) is 5.70 Å². The lowest BCUT2D eigenvalue weighted by Crippen LogP contribution is -2.49. The average Bonchev–Trinajstić information content (AvgIpc) is 3.60. The van der Waals surface area contributed by atoms with Gasteiger partial charge in [-0.25, -0.2) is 5.43 Å². The van der Waals surface area contributed by atoms with E-state index in [1.807, 2.05) is 11.8 Å². The molecule has 1 aromatic rings. The first-order chi connectivity index (χ1) is 18.0. The second-order valence-electron chi connectivity index (χ2n) is 11.2. The molecule has 0 aromatic heterocycles. The number of hydrogen-bond acceptors (Lipinski definition) is 6. The Morgan fingerprint density at radius 1 is 0.973 bits per heavy atom. The molecule has 200 valence electrons. The molecule has 4 aliphatic rings. The molecule has 2 unspecified atom stereocenters. The highest BCUT2D eigenvalue weighted by Crippen LogP contribution is 2.53. The van der Waals surface area contributed by atoms with E-state index in [9.17, 15) is 14.4 Å². The van der Waals surface area contributed by atoms with Crippen molar-refractivity contribution in [3.63, 3.8) is 0 Å².